The Morgan fingerprint density at radius 1 is 1.18 bits per heavy atom. The first-order valence-corrected chi connectivity index (χ1v) is 12.3. The van der Waals surface area contributed by atoms with Crippen molar-refractivity contribution in [3.63, 3.8) is 0 Å². The van der Waals surface area contributed by atoms with E-state index in [1.54, 1.807) is 27.7 Å². The molecule has 0 radical (unpaired) electrons. The molecule has 34 heavy (non-hydrogen) atoms. The van der Waals surface area contributed by atoms with E-state index in [0.29, 0.717) is 0 Å². The number of esters is 2. The number of carbonyl (C=O) groups is 4. The molecule has 5 N–H and O–H groups in total. The topological polar surface area (TPSA) is 194 Å². The minimum absolute atomic E-state index is 0.0190. The number of hydrogen-bond donors (Lipinski definition) is 4. The van der Waals surface area contributed by atoms with E-state index in [1.165, 1.54) is 7.11 Å². The van der Waals surface area contributed by atoms with Gasteiger partial charge in [0, 0.05) is 0 Å². The minimum atomic E-state index is -4.30. The summed E-state index contributed by atoms with van der Waals surface area (Å²) < 4.78 is 30.0. The third kappa shape index (κ3) is 10.0. The summed E-state index contributed by atoms with van der Waals surface area (Å²) in [7, 11) is -3.07. The summed E-state index contributed by atoms with van der Waals surface area (Å²) in [5.41, 5.74) is 4.83. The molecule has 1 saturated heterocycles. The van der Waals surface area contributed by atoms with Crippen LogP contribution in [0.5, 0.6) is 0 Å². The fraction of sp³-hybridized carbons (Fsp3) is 0.789. The average molecular weight is 513 g/mol. The van der Waals surface area contributed by atoms with Crippen LogP contribution in [-0.2, 0) is 42.2 Å². The number of hydrogen-bond acceptors (Lipinski definition) is 12. The van der Waals surface area contributed by atoms with Gasteiger partial charge in [0.05, 0.1) is 0 Å². The number of amides is 2. The molecular weight excluding hydrogens is 477 g/mol. The monoisotopic (exact) mass is 513 g/mol. The Labute approximate surface area is 198 Å². The van der Waals surface area contributed by atoms with Crippen LogP contribution in [0.2, 0.25) is 0 Å². The molecular formula is C19H36N3O11P. The van der Waals surface area contributed by atoms with Crippen LogP contribution in [0.15, 0.2) is 0 Å². The normalized spacial score (nSPS) is 20.5. The number of alkyl carbamates (subject to hydrolysis) is 1. The van der Waals surface area contributed by atoms with Crippen LogP contribution in [0.25, 0.3) is 0 Å². The number of rotatable bonds is 12. The van der Waals surface area contributed by atoms with Gasteiger partial charge in [0.2, 0.25) is 0 Å². The zero-order chi connectivity index (χ0) is 25.9. The molecule has 0 unspecified atom stereocenters. The summed E-state index contributed by atoms with van der Waals surface area (Å²) in [6.07, 6.45) is -2.08. The molecule has 0 aromatic rings. The van der Waals surface area contributed by atoms with Gasteiger partial charge < -0.3 is 0 Å². The molecule has 1 fully saturated rings. The number of ether oxygens (including phenoxy) is 3. The number of nitrogens with two attached hydrogens (primary N) is 1. The van der Waals surface area contributed by atoms with E-state index >= 15 is 0 Å². The first kappa shape index (κ1) is 29.9. The molecule has 15 heteroatoms. The van der Waals surface area contributed by atoms with Crippen molar-refractivity contribution in [1.82, 2.24) is 10.6 Å². The number of nitrogens with one attached hydrogen (secondary N) is 2. The van der Waals surface area contributed by atoms with Gasteiger partial charge in [-0.25, -0.2) is 0 Å². The fourth-order valence-corrected chi connectivity index (χ4v) is 4.25. The predicted molar refractivity (Wildman–Crippen MR) is 119 cm³/mol. The van der Waals surface area contributed by atoms with Crippen molar-refractivity contribution in [2.45, 2.75) is 46.3 Å². The zero-order valence-corrected chi connectivity index (χ0v) is 21.1. The van der Waals surface area contributed by atoms with Crippen LogP contribution in [0.1, 0.15) is 34.1 Å². The van der Waals surface area contributed by atoms with Gasteiger partial charge in [-0.2, -0.15) is 0 Å². The van der Waals surface area contributed by atoms with Crippen LogP contribution in [0.4, 0.5) is 4.79 Å². The van der Waals surface area contributed by atoms with Crippen molar-refractivity contribution >= 4 is 32.1 Å². The fourth-order valence-electron chi connectivity index (χ4n) is 2.54. The summed E-state index contributed by atoms with van der Waals surface area (Å²) >= 11 is 0. The summed E-state index contributed by atoms with van der Waals surface area (Å²) in [5, 5.41) is 4.86. The molecule has 1 aliphatic heterocycles. The quantitative estimate of drug-likeness (QED) is 0.0879. The Morgan fingerprint density at radius 3 is 2.47 bits per heavy atom. The number of carbonyl (C=O) groups excluding carboxylic acids is 4. The summed E-state index contributed by atoms with van der Waals surface area (Å²) in [6, 6.07) is -0.759. The molecule has 0 aromatic carbocycles. The molecule has 1 rings (SSSR count). The summed E-state index contributed by atoms with van der Waals surface area (Å²) in [4.78, 5) is 57.5. The standard InChI is InChI=1S/C19H36N3O11P/c1-12(2)14(20)17(25)29-9-8-22-18(26)30-11-32-34(27)31-10-19(3,4)15(33-34)16(24)21-7-6-13(23)28-5/h12,14-15,27,34H,6-11,20H2,1-5H3,(H,21,24)(H,22,26)/t14-,15-/m0/s1. The molecule has 0 aliphatic carbocycles. The first-order chi connectivity index (χ1) is 15.8. The third-order valence-electron chi connectivity index (χ3n) is 4.73. The van der Waals surface area contributed by atoms with Crippen molar-refractivity contribution in [3.05, 3.63) is 0 Å². The Hall–Kier alpha value is -2.09. The average Bonchev–Trinajstić information content (AvgIpc) is 2.77. The van der Waals surface area contributed by atoms with Crippen LogP contribution in [0.3, 0.4) is 0 Å². The van der Waals surface area contributed by atoms with Gasteiger partial charge in [0.1, 0.15) is 0 Å². The first-order valence-electron chi connectivity index (χ1n) is 10.7. The maximum atomic E-state index is 12.5. The molecule has 0 bridgehead atoms. The van der Waals surface area contributed by atoms with E-state index in [2.05, 4.69) is 15.4 Å². The Bertz CT molecular complexity index is 722. The van der Waals surface area contributed by atoms with Gasteiger partial charge in [-0.3, -0.25) is 0 Å². The van der Waals surface area contributed by atoms with Crippen molar-refractivity contribution in [2.75, 3.05) is 40.2 Å². The molecule has 1 heterocycles. The van der Waals surface area contributed by atoms with E-state index in [9.17, 15) is 24.1 Å². The van der Waals surface area contributed by atoms with Crippen molar-refractivity contribution in [3.8, 4) is 0 Å². The van der Waals surface area contributed by atoms with Gasteiger partial charge in [-0.1, -0.05) is 0 Å². The Kier molecular flexibility index (Phi) is 12.1. The molecule has 2 atom stereocenters. The third-order valence-corrected chi connectivity index (χ3v) is 6.26. The van der Waals surface area contributed by atoms with Crippen LogP contribution in [0, 0.1) is 11.3 Å². The van der Waals surface area contributed by atoms with Gasteiger partial charge in [-0.15, -0.1) is 0 Å². The maximum absolute atomic E-state index is 12.5. The van der Waals surface area contributed by atoms with Crippen molar-refractivity contribution in [2.24, 2.45) is 17.1 Å². The Morgan fingerprint density at radius 2 is 1.85 bits per heavy atom. The van der Waals surface area contributed by atoms with E-state index in [1.807, 2.05) is 0 Å². The second-order valence-electron chi connectivity index (χ2n) is 8.47. The van der Waals surface area contributed by atoms with E-state index in [0.717, 1.165) is 0 Å². The number of methoxy groups -OCH3 is 1. The predicted octanol–water partition coefficient (Wildman–Crippen LogP) is -0.264. The molecule has 2 amide bonds. The van der Waals surface area contributed by atoms with Crippen molar-refractivity contribution in [1.29, 1.82) is 0 Å². The molecule has 0 aromatic heterocycles. The summed E-state index contributed by atoms with van der Waals surface area (Å²) in [6.45, 7) is 6.02. The van der Waals surface area contributed by atoms with E-state index in [4.69, 9.17) is 28.8 Å². The second-order valence-corrected chi connectivity index (χ2v) is 10.3. The molecule has 0 spiro atoms. The SMILES string of the molecule is COC(=O)CCNC(=O)[C@@H]1O[PH](O)(OCOC(=O)NCCOC(=O)[C@@H](N)C(C)C)OCC1(C)C. The van der Waals surface area contributed by atoms with Crippen LogP contribution < -0.4 is 16.4 Å². The molecule has 14 nitrogen and oxygen atoms in total. The molecule has 198 valence electrons. The summed E-state index contributed by atoms with van der Waals surface area (Å²) in [5.74, 6) is -1.73. The molecule has 0 saturated carbocycles. The Balaban J connectivity index is 2.41. The second kappa shape index (κ2) is 13.7. The van der Waals surface area contributed by atoms with Gasteiger partial charge in [0.25, 0.3) is 0 Å². The van der Waals surface area contributed by atoms with E-state index < -0.39 is 56.5 Å². The van der Waals surface area contributed by atoms with Crippen LogP contribution >= 0.6 is 8.17 Å². The van der Waals surface area contributed by atoms with Crippen molar-refractivity contribution < 1.29 is 51.9 Å². The van der Waals surface area contributed by atoms with Crippen LogP contribution in [-0.4, -0.2) is 81.2 Å². The van der Waals surface area contributed by atoms with Gasteiger partial charge in [-0.05, 0) is 0 Å². The van der Waals surface area contributed by atoms with Gasteiger partial charge >= 0.3 is 198 Å². The molecule has 1 aliphatic rings. The van der Waals surface area contributed by atoms with E-state index in [-0.39, 0.29) is 38.6 Å². The van der Waals surface area contributed by atoms with Gasteiger partial charge in [0.15, 0.2) is 0 Å². The zero-order valence-electron chi connectivity index (χ0n) is 20.1.